The van der Waals surface area contributed by atoms with Crippen LogP contribution in [0.15, 0.2) is 57.9 Å². The second-order valence-corrected chi connectivity index (χ2v) is 8.21. The molecule has 1 amide bonds. The number of ether oxygens (including phenoxy) is 2. The van der Waals surface area contributed by atoms with Gasteiger partial charge in [-0.3, -0.25) is 9.69 Å². The SMILES string of the molecule is CCN1C(=O)C(=Cc2ccccc2OCCOc2ccc(Br)cc2)SC1=S. The van der Waals surface area contributed by atoms with Crippen LogP contribution < -0.4 is 9.47 Å². The van der Waals surface area contributed by atoms with Gasteiger partial charge in [-0.15, -0.1) is 0 Å². The minimum Gasteiger partial charge on any atom is -0.490 e. The number of carbonyl (C=O) groups excluding carboxylic acids is 1. The number of thioether (sulfide) groups is 1. The largest absolute Gasteiger partial charge is 0.490 e. The zero-order valence-electron chi connectivity index (χ0n) is 14.7. The molecule has 1 fully saturated rings. The van der Waals surface area contributed by atoms with Gasteiger partial charge in [0.1, 0.15) is 29.0 Å². The Balaban J connectivity index is 1.62. The van der Waals surface area contributed by atoms with Gasteiger partial charge >= 0.3 is 0 Å². The van der Waals surface area contributed by atoms with Crippen LogP contribution in [-0.2, 0) is 4.79 Å². The van der Waals surface area contributed by atoms with Gasteiger partial charge in [0, 0.05) is 16.6 Å². The van der Waals surface area contributed by atoms with Gasteiger partial charge in [-0.1, -0.05) is 58.1 Å². The van der Waals surface area contributed by atoms with E-state index in [0.29, 0.717) is 34.7 Å². The van der Waals surface area contributed by atoms with Crippen LogP contribution >= 0.6 is 39.9 Å². The Labute approximate surface area is 176 Å². The summed E-state index contributed by atoms with van der Waals surface area (Å²) in [6.45, 7) is 3.31. The molecule has 0 saturated carbocycles. The molecule has 0 aliphatic carbocycles. The summed E-state index contributed by atoms with van der Waals surface area (Å²) in [5.74, 6) is 1.44. The van der Waals surface area contributed by atoms with E-state index in [9.17, 15) is 4.79 Å². The number of thiocarbonyl (C=S) groups is 1. The van der Waals surface area contributed by atoms with Crippen molar-refractivity contribution in [1.82, 2.24) is 4.90 Å². The summed E-state index contributed by atoms with van der Waals surface area (Å²) in [6, 6.07) is 15.3. The molecule has 2 aromatic carbocycles. The maximum atomic E-state index is 12.4. The third-order valence-corrected chi connectivity index (χ3v) is 5.73. The molecular formula is C20H18BrNO3S2. The van der Waals surface area contributed by atoms with Crippen molar-refractivity contribution in [2.24, 2.45) is 0 Å². The van der Waals surface area contributed by atoms with Crippen LogP contribution in [-0.4, -0.2) is 34.9 Å². The molecule has 27 heavy (non-hydrogen) atoms. The number of rotatable bonds is 7. The first-order valence-electron chi connectivity index (χ1n) is 8.44. The average molecular weight is 464 g/mol. The molecule has 1 aliphatic rings. The van der Waals surface area contributed by atoms with Crippen LogP contribution in [0.4, 0.5) is 0 Å². The Kier molecular flexibility index (Phi) is 6.93. The Bertz CT molecular complexity index is 868. The van der Waals surface area contributed by atoms with Gasteiger partial charge in [-0.2, -0.15) is 0 Å². The highest BCUT2D eigenvalue weighted by molar-refractivity contribution is 9.10. The number of carbonyl (C=O) groups is 1. The van der Waals surface area contributed by atoms with Crippen molar-refractivity contribution in [1.29, 1.82) is 0 Å². The smallest absolute Gasteiger partial charge is 0.266 e. The first kappa shape index (κ1) is 19.9. The zero-order chi connectivity index (χ0) is 19.2. The second kappa shape index (κ2) is 9.39. The van der Waals surface area contributed by atoms with Crippen molar-refractivity contribution in [2.75, 3.05) is 19.8 Å². The maximum absolute atomic E-state index is 12.4. The van der Waals surface area contributed by atoms with E-state index in [0.717, 1.165) is 15.8 Å². The van der Waals surface area contributed by atoms with Crippen LogP contribution in [0.5, 0.6) is 11.5 Å². The lowest BCUT2D eigenvalue weighted by atomic mass is 10.2. The van der Waals surface area contributed by atoms with E-state index >= 15 is 0 Å². The van der Waals surface area contributed by atoms with E-state index in [1.807, 2.05) is 61.5 Å². The fourth-order valence-corrected chi connectivity index (χ4v) is 4.13. The van der Waals surface area contributed by atoms with Crippen LogP contribution in [0, 0.1) is 0 Å². The molecule has 0 unspecified atom stereocenters. The van der Waals surface area contributed by atoms with Gasteiger partial charge in [0.25, 0.3) is 5.91 Å². The number of benzene rings is 2. The molecule has 0 aromatic heterocycles. The Morgan fingerprint density at radius 3 is 2.52 bits per heavy atom. The van der Waals surface area contributed by atoms with Crippen molar-refractivity contribution >= 4 is 56.2 Å². The maximum Gasteiger partial charge on any atom is 0.266 e. The highest BCUT2D eigenvalue weighted by Crippen LogP contribution is 2.34. The number of hydrogen-bond donors (Lipinski definition) is 0. The van der Waals surface area contributed by atoms with Crippen molar-refractivity contribution < 1.29 is 14.3 Å². The number of amides is 1. The normalized spacial score (nSPS) is 15.5. The predicted octanol–water partition coefficient (Wildman–Crippen LogP) is 5.13. The lowest BCUT2D eigenvalue weighted by Crippen LogP contribution is -2.27. The van der Waals surface area contributed by atoms with Gasteiger partial charge in [-0.25, -0.2) is 0 Å². The lowest BCUT2D eigenvalue weighted by Gasteiger charge is -2.11. The van der Waals surface area contributed by atoms with Crippen LogP contribution in [0.1, 0.15) is 12.5 Å². The molecule has 140 valence electrons. The highest BCUT2D eigenvalue weighted by Gasteiger charge is 2.30. The van der Waals surface area contributed by atoms with Gasteiger partial charge in [0.05, 0.1) is 4.91 Å². The minimum absolute atomic E-state index is 0.0547. The van der Waals surface area contributed by atoms with E-state index in [1.54, 1.807) is 4.90 Å². The molecule has 1 saturated heterocycles. The molecule has 7 heteroatoms. The van der Waals surface area contributed by atoms with Gasteiger partial charge in [0.2, 0.25) is 0 Å². The molecular weight excluding hydrogens is 446 g/mol. The number of likely N-dealkylation sites (N-methyl/N-ethyl adjacent to an activating group) is 1. The Morgan fingerprint density at radius 2 is 1.81 bits per heavy atom. The van der Waals surface area contributed by atoms with Gasteiger partial charge in [0.15, 0.2) is 0 Å². The lowest BCUT2D eigenvalue weighted by molar-refractivity contribution is -0.121. The molecule has 2 aromatic rings. The van der Waals surface area contributed by atoms with E-state index in [2.05, 4.69) is 15.9 Å². The summed E-state index contributed by atoms with van der Waals surface area (Å²) in [4.78, 5) is 14.6. The van der Waals surface area contributed by atoms with Crippen molar-refractivity contribution in [3.8, 4) is 11.5 Å². The van der Waals surface area contributed by atoms with Crippen LogP contribution in [0.3, 0.4) is 0 Å². The Morgan fingerprint density at radius 1 is 1.11 bits per heavy atom. The summed E-state index contributed by atoms with van der Waals surface area (Å²) >= 11 is 9.98. The molecule has 0 radical (unpaired) electrons. The number of nitrogens with zero attached hydrogens (tertiary/aromatic N) is 1. The molecule has 1 aliphatic heterocycles. The Hall–Kier alpha value is -1.83. The minimum atomic E-state index is -0.0547. The number of halogens is 1. The molecule has 4 nitrogen and oxygen atoms in total. The summed E-state index contributed by atoms with van der Waals surface area (Å²) < 4.78 is 13.1. The first-order chi connectivity index (χ1) is 13.1. The molecule has 1 heterocycles. The second-order valence-electron chi connectivity index (χ2n) is 5.61. The third kappa shape index (κ3) is 5.12. The van der Waals surface area contributed by atoms with Gasteiger partial charge in [-0.05, 0) is 43.3 Å². The summed E-state index contributed by atoms with van der Waals surface area (Å²) in [6.07, 6.45) is 1.83. The van der Waals surface area contributed by atoms with E-state index in [-0.39, 0.29) is 5.91 Å². The zero-order valence-corrected chi connectivity index (χ0v) is 17.9. The topological polar surface area (TPSA) is 38.8 Å². The van der Waals surface area contributed by atoms with Gasteiger partial charge < -0.3 is 9.47 Å². The summed E-state index contributed by atoms with van der Waals surface area (Å²) in [5, 5.41) is 0. The fourth-order valence-electron chi connectivity index (χ4n) is 2.49. The van der Waals surface area contributed by atoms with E-state index < -0.39 is 0 Å². The number of hydrogen-bond acceptors (Lipinski definition) is 5. The summed E-state index contributed by atoms with van der Waals surface area (Å²) in [7, 11) is 0. The standard InChI is InChI=1S/C20H18BrNO3S2/c1-2-22-19(23)18(27-20(22)26)13-14-5-3-4-6-17(14)25-12-11-24-16-9-7-15(21)8-10-16/h3-10,13H,2,11-12H2,1H3. The molecule has 0 spiro atoms. The highest BCUT2D eigenvalue weighted by atomic mass is 79.9. The van der Waals surface area contributed by atoms with Crippen molar-refractivity contribution in [2.45, 2.75) is 6.92 Å². The quantitative estimate of drug-likeness (QED) is 0.323. The molecule has 0 atom stereocenters. The first-order valence-corrected chi connectivity index (χ1v) is 10.5. The summed E-state index contributed by atoms with van der Waals surface area (Å²) in [5.41, 5.74) is 0.845. The molecule has 3 rings (SSSR count). The van der Waals surface area contributed by atoms with E-state index in [1.165, 1.54) is 11.8 Å². The average Bonchev–Trinajstić information content (AvgIpc) is 2.94. The van der Waals surface area contributed by atoms with Crippen molar-refractivity contribution in [3.05, 3.63) is 63.5 Å². The third-order valence-electron chi connectivity index (χ3n) is 3.82. The monoisotopic (exact) mass is 463 g/mol. The number of para-hydroxylation sites is 1. The van der Waals surface area contributed by atoms with Crippen LogP contribution in [0.25, 0.3) is 6.08 Å². The predicted molar refractivity (Wildman–Crippen MR) is 117 cm³/mol. The van der Waals surface area contributed by atoms with Crippen molar-refractivity contribution in [3.63, 3.8) is 0 Å². The molecule has 0 N–H and O–H groups in total. The van der Waals surface area contributed by atoms with Crippen LogP contribution in [0.2, 0.25) is 0 Å². The van der Waals surface area contributed by atoms with E-state index in [4.69, 9.17) is 21.7 Å². The molecule has 0 bridgehead atoms. The fraction of sp³-hybridized carbons (Fsp3) is 0.200.